The zero-order chi connectivity index (χ0) is 13.8. The van der Waals surface area contributed by atoms with E-state index in [0.29, 0.717) is 16.5 Å². The lowest BCUT2D eigenvalue weighted by molar-refractivity contribution is -0.384. The Balaban J connectivity index is 2.16. The normalized spacial score (nSPS) is 17.1. The molecule has 0 unspecified atom stereocenters. The molecule has 0 saturated carbocycles. The van der Waals surface area contributed by atoms with Crippen molar-refractivity contribution in [2.75, 3.05) is 5.75 Å². The third-order valence-corrected chi connectivity index (χ3v) is 3.27. The van der Waals surface area contributed by atoms with Crippen LogP contribution in [0.15, 0.2) is 28.4 Å². The van der Waals surface area contributed by atoms with E-state index < -0.39 is 4.92 Å². The summed E-state index contributed by atoms with van der Waals surface area (Å²) in [5.74, 6) is 0.231. The quantitative estimate of drug-likeness (QED) is 0.514. The van der Waals surface area contributed by atoms with Crippen molar-refractivity contribution in [2.45, 2.75) is 6.92 Å². The van der Waals surface area contributed by atoms with Crippen molar-refractivity contribution >= 4 is 34.7 Å². The molecule has 1 amide bonds. The van der Waals surface area contributed by atoms with Gasteiger partial charge in [0, 0.05) is 17.7 Å². The highest BCUT2D eigenvalue weighted by Crippen LogP contribution is 2.16. The van der Waals surface area contributed by atoms with Crippen molar-refractivity contribution in [3.05, 3.63) is 39.4 Å². The number of rotatable bonds is 3. The number of carbonyl (C=O) groups excluding carboxylic acids is 1. The molecule has 0 radical (unpaired) electrons. The Morgan fingerprint density at radius 3 is 2.95 bits per heavy atom. The van der Waals surface area contributed by atoms with Crippen molar-refractivity contribution in [2.24, 2.45) is 10.2 Å². The summed E-state index contributed by atoms with van der Waals surface area (Å²) in [4.78, 5) is 21.1. The molecular formula is C11H10N4O3S. The first kappa shape index (κ1) is 13.2. The summed E-state index contributed by atoms with van der Waals surface area (Å²) < 4.78 is 0. The minimum absolute atomic E-state index is 0.00301. The van der Waals surface area contributed by atoms with Crippen LogP contribution in [0.25, 0.3) is 0 Å². The highest BCUT2D eigenvalue weighted by atomic mass is 32.2. The fraction of sp³-hybridized carbons (Fsp3) is 0.182. The first-order valence-electron chi connectivity index (χ1n) is 5.35. The molecule has 1 aromatic carbocycles. The molecule has 1 N–H and O–H groups in total. The number of amidine groups is 1. The van der Waals surface area contributed by atoms with Gasteiger partial charge in [0.2, 0.25) is 5.91 Å². The maximum atomic E-state index is 10.9. The maximum absolute atomic E-state index is 10.9. The van der Waals surface area contributed by atoms with Gasteiger partial charge in [0.25, 0.3) is 5.69 Å². The van der Waals surface area contributed by atoms with Gasteiger partial charge in [-0.2, -0.15) is 5.10 Å². The van der Waals surface area contributed by atoms with Crippen molar-refractivity contribution in [3.63, 3.8) is 0 Å². The molecule has 7 nitrogen and oxygen atoms in total. The molecule has 0 bridgehead atoms. The van der Waals surface area contributed by atoms with Crippen molar-refractivity contribution in [1.82, 2.24) is 5.32 Å². The number of amides is 1. The highest BCUT2D eigenvalue weighted by Gasteiger charge is 2.16. The van der Waals surface area contributed by atoms with E-state index in [1.807, 2.05) is 6.92 Å². The number of nitro benzene ring substituents is 1. The van der Waals surface area contributed by atoms with E-state index in [4.69, 9.17) is 0 Å². The summed E-state index contributed by atoms with van der Waals surface area (Å²) in [5, 5.41) is 21.3. The summed E-state index contributed by atoms with van der Waals surface area (Å²) in [6.07, 6.45) is 1.43. The van der Waals surface area contributed by atoms with Crippen LogP contribution in [0.3, 0.4) is 0 Å². The van der Waals surface area contributed by atoms with Crippen LogP contribution in [0.5, 0.6) is 0 Å². The van der Waals surface area contributed by atoms with Crippen LogP contribution in [0, 0.1) is 17.0 Å². The Hall–Kier alpha value is -2.22. The Labute approximate surface area is 112 Å². The number of hydrogen-bond acceptors (Lipinski definition) is 6. The first-order valence-corrected chi connectivity index (χ1v) is 6.33. The predicted octanol–water partition coefficient (Wildman–Crippen LogP) is 1.46. The molecule has 0 spiro atoms. The minimum atomic E-state index is -0.463. The second kappa shape index (κ2) is 5.61. The predicted molar refractivity (Wildman–Crippen MR) is 73.5 cm³/mol. The third-order valence-electron chi connectivity index (χ3n) is 2.41. The van der Waals surface area contributed by atoms with E-state index in [-0.39, 0.29) is 11.6 Å². The van der Waals surface area contributed by atoms with E-state index in [1.165, 1.54) is 30.1 Å². The lowest BCUT2D eigenvalue weighted by Crippen LogP contribution is -2.19. The molecule has 8 heteroatoms. The number of nitrogens with zero attached hydrogens (tertiary/aromatic N) is 3. The summed E-state index contributed by atoms with van der Waals surface area (Å²) in [5.41, 5.74) is 1.48. The van der Waals surface area contributed by atoms with E-state index in [0.717, 1.165) is 5.56 Å². The molecule has 0 aromatic heterocycles. The van der Waals surface area contributed by atoms with Gasteiger partial charge in [-0.3, -0.25) is 14.9 Å². The largest absolute Gasteiger partial charge is 0.303 e. The molecule has 1 heterocycles. The van der Waals surface area contributed by atoms with Crippen LogP contribution in [0.2, 0.25) is 0 Å². The van der Waals surface area contributed by atoms with Gasteiger partial charge < -0.3 is 5.32 Å². The lowest BCUT2D eigenvalue weighted by atomic mass is 10.1. The molecule has 1 fully saturated rings. The Bertz CT molecular complexity index is 598. The summed E-state index contributed by atoms with van der Waals surface area (Å²) >= 11 is 1.27. The van der Waals surface area contributed by atoms with Gasteiger partial charge in [-0.1, -0.05) is 17.8 Å². The van der Waals surface area contributed by atoms with Crippen molar-refractivity contribution < 1.29 is 9.72 Å². The van der Waals surface area contributed by atoms with E-state index in [9.17, 15) is 14.9 Å². The smallest absolute Gasteiger partial charge is 0.270 e. The Morgan fingerprint density at radius 2 is 2.32 bits per heavy atom. The van der Waals surface area contributed by atoms with Crippen molar-refractivity contribution in [1.29, 1.82) is 0 Å². The summed E-state index contributed by atoms with van der Waals surface area (Å²) in [6, 6.07) is 4.52. The number of carbonyl (C=O) groups is 1. The van der Waals surface area contributed by atoms with E-state index in [1.54, 1.807) is 6.07 Å². The molecule has 0 aliphatic carbocycles. The van der Waals surface area contributed by atoms with Gasteiger partial charge in [0.05, 0.1) is 16.9 Å². The number of thioether (sulfide) groups is 1. The van der Waals surface area contributed by atoms with Gasteiger partial charge in [-0.15, -0.1) is 5.10 Å². The zero-order valence-corrected chi connectivity index (χ0v) is 10.8. The minimum Gasteiger partial charge on any atom is -0.303 e. The van der Waals surface area contributed by atoms with Crippen molar-refractivity contribution in [3.8, 4) is 0 Å². The van der Waals surface area contributed by atoms with Gasteiger partial charge in [-0.25, -0.2) is 0 Å². The Morgan fingerprint density at radius 1 is 1.53 bits per heavy atom. The molecule has 98 valence electrons. The molecule has 2 rings (SSSR count). The van der Waals surface area contributed by atoms with Gasteiger partial charge in [-0.05, 0) is 12.5 Å². The Kier molecular flexibility index (Phi) is 3.91. The third kappa shape index (κ3) is 3.38. The first-order chi connectivity index (χ1) is 9.06. The highest BCUT2D eigenvalue weighted by molar-refractivity contribution is 8.15. The molecule has 1 saturated heterocycles. The number of non-ortho nitro benzene ring substituents is 1. The van der Waals surface area contributed by atoms with Gasteiger partial charge in [0.15, 0.2) is 5.17 Å². The molecule has 1 aliphatic rings. The van der Waals surface area contributed by atoms with Crippen LogP contribution >= 0.6 is 11.8 Å². The second-order valence-corrected chi connectivity index (χ2v) is 4.75. The molecule has 0 atom stereocenters. The zero-order valence-electron chi connectivity index (χ0n) is 9.99. The number of nitrogens with one attached hydrogen (secondary N) is 1. The standard InChI is InChI=1S/C11H10N4O3S/c1-7-2-3-9(15(17)18)4-8(7)5-12-14-11-13-10(16)6-19-11/h2-5H,6H2,1H3,(H,13,14,16). The monoisotopic (exact) mass is 278 g/mol. The fourth-order valence-electron chi connectivity index (χ4n) is 1.40. The van der Waals surface area contributed by atoms with Crippen LogP contribution in [-0.2, 0) is 4.79 Å². The SMILES string of the molecule is Cc1ccc([N+](=O)[O-])cc1C=NN=C1NC(=O)CS1. The molecular weight excluding hydrogens is 268 g/mol. The average molecular weight is 278 g/mol. The lowest BCUT2D eigenvalue weighted by Gasteiger charge is -1.98. The molecule has 19 heavy (non-hydrogen) atoms. The van der Waals surface area contributed by atoms with Crippen LogP contribution in [0.4, 0.5) is 5.69 Å². The number of nitro groups is 1. The maximum Gasteiger partial charge on any atom is 0.270 e. The number of aryl methyl sites for hydroxylation is 1. The fourth-order valence-corrected chi connectivity index (χ4v) is 2.03. The molecule has 1 aliphatic heterocycles. The second-order valence-electron chi connectivity index (χ2n) is 3.78. The van der Waals surface area contributed by atoms with Crippen LogP contribution in [0.1, 0.15) is 11.1 Å². The van der Waals surface area contributed by atoms with E-state index >= 15 is 0 Å². The van der Waals surface area contributed by atoms with Gasteiger partial charge in [0.1, 0.15) is 0 Å². The van der Waals surface area contributed by atoms with E-state index in [2.05, 4.69) is 15.5 Å². The average Bonchev–Trinajstić information content (AvgIpc) is 2.77. The van der Waals surface area contributed by atoms with Crippen LogP contribution in [-0.4, -0.2) is 28.0 Å². The summed E-state index contributed by atoms with van der Waals surface area (Å²) in [7, 11) is 0. The summed E-state index contributed by atoms with van der Waals surface area (Å²) in [6.45, 7) is 1.82. The van der Waals surface area contributed by atoms with Crippen LogP contribution < -0.4 is 5.32 Å². The number of hydrogen-bond donors (Lipinski definition) is 1. The number of benzene rings is 1. The topological polar surface area (TPSA) is 97.0 Å². The van der Waals surface area contributed by atoms with Gasteiger partial charge >= 0.3 is 0 Å². The molecule has 1 aromatic rings.